The Morgan fingerprint density at radius 1 is 1.32 bits per heavy atom. The number of carbonyl (C=O) groups excluding carboxylic acids is 1. The molecule has 0 unspecified atom stereocenters. The molecule has 0 fully saturated rings. The van der Waals surface area contributed by atoms with Crippen LogP contribution < -0.4 is 0 Å². The predicted molar refractivity (Wildman–Crippen MR) is 91.7 cm³/mol. The van der Waals surface area contributed by atoms with Crippen molar-refractivity contribution in [2.45, 2.75) is 25.9 Å². The summed E-state index contributed by atoms with van der Waals surface area (Å²) in [5.74, 6) is 6.52. The molecule has 0 aliphatic carbocycles. The molecule has 0 aromatic heterocycles. The van der Waals surface area contributed by atoms with E-state index in [4.69, 9.17) is 16.3 Å². The molecule has 116 valence electrons. The summed E-state index contributed by atoms with van der Waals surface area (Å²) in [4.78, 5) is 11.6. The fourth-order valence-corrected chi connectivity index (χ4v) is 1.90. The third-order valence-corrected chi connectivity index (χ3v) is 3.06. The summed E-state index contributed by atoms with van der Waals surface area (Å²) < 4.78 is 5.50. The summed E-state index contributed by atoms with van der Waals surface area (Å²) >= 11 is 5.69. The molecule has 0 bridgehead atoms. The van der Waals surface area contributed by atoms with Crippen molar-refractivity contribution in [2.75, 3.05) is 12.5 Å². The van der Waals surface area contributed by atoms with Crippen molar-refractivity contribution in [1.29, 1.82) is 0 Å². The van der Waals surface area contributed by atoms with Crippen LogP contribution in [0.1, 0.15) is 24.8 Å². The number of ether oxygens (including phenoxy) is 1. The molecule has 0 N–H and O–H groups in total. The van der Waals surface area contributed by atoms with Gasteiger partial charge in [0.2, 0.25) is 0 Å². The normalized spacial score (nSPS) is 10.7. The highest BCUT2D eigenvalue weighted by Crippen LogP contribution is 2.06. The number of allylic oxidation sites excluding steroid dienone is 3. The largest absolute Gasteiger partial charge is 0.364 e. The molecule has 0 radical (unpaired) electrons. The lowest BCUT2D eigenvalue weighted by atomic mass is 10.1. The van der Waals surface area contributed by atoms with Crippen molar-refractivity contribution in [3.8, 4) is 11.8 Å². The van der Waals surface area contributed by atoms with Crippen LogP contribution in [0.2, 0.25) is 0 Å². The van der Waals surface area contributed by atoms with Crippen molar-refractivity contribution < 1.29 is 9.53 Å². The van der Waals surface area contributed by atoms with Gasteiger partial charge in [-0.15, -0.1) is 18.2 Å². The quantitative estimate of drug-likeness (QED) is 0.223. The maximum absolute atomic E-state index is 11.6. The van der Waals surface area contributed by atoms with Gasteiger partial charge < -0.3 is 4.74 Å². The van der Waals surface area contributed by atoms with E-state index in [2.05, 4.69) is 18.4 Å². The van der Waals surface area contributed by atoms with E-state index in [0.717, 1.165) is 17.6 Å². The fourth-order valence-electron chi connectivity index (χ4n) is 1.77. The Hall–Kier alpha value is -1.82. The molecular weight excluding hydrogens is 296 g/mol. The van der Waals surface area contributed by atoms with E-state index in [9.17, 15) is 4.79 Å². The Balaban J connectivity index is 2.48. The number of benzene rings is 1. The Morgan fingerprint density at radius 3 is 2.77 bits per heavy atom. The molecule has 3 heteroatoms. The molecule has 0 aliphatic heterocycles. The number of alkyl halides is 1. The third-order valence-electron chi connectivity index (χ3n) is 2.80. The zero-order valence-corrected chi connectivity index (χ0v) is 13.4. The van der Waals surface area contributed by atoms with Crippen LogP contribution in [-0.4, -0.2) is 18.3 Å². The molecule has 0 atom stereocenters. The number of carbonyl (C=O) groups is 1. The first-order chi connectivity index (χ1) is 10.8. The molecule has 0 heterocycles. The lowest BCUT2D eigenvalue weighted by Gasteiger charge is -2.00. The van der Waals surface area contributed by atoms with Crippen molar-refractivity contribution >= 4 is 17.4 Å². The molecule has 2 nitrogen and oxygen atoms in total. The molecule has 0 spiro atoms. The first-order valence-electron chi connectivity index (χ1n) is 7.27. The summed E-state index contributed by atoms with van der Waals surface area (Å²) in [5, 5.41) is 0. The van der Waals surface area contributed by atoms with Gasteiger partial charge >= 0.3 is 0 Å². The van der Waals surface area contributed by atoms with E-state index in [-0.39, 0.29) is 5.78 Å². The van der Waals surface area contributed by atoms with E-state index >= 15 is 0 Å². The van der Waals surface area contributed by atoms with Crippen LogP contribution in [0.3, 0.4) is 0 Å². The highest BCUT2D eigenvalue weighted by Gasteiger charge is 1.98. The van der Waals surface area contributed by atoms with Gasteiger partial charge in [0.15, 0.2) is 5.78 Å². The first kappa shape index (κ1) is 18.2. The minimum absolute atomic E-state index is 0.0130. The molecule has 1 aromatic carbocycles. The summed E-state index contributed by atoms with van der Waals surface area (Å²) in [6.45, 7) is 4.43. The van der Waals surface area contributed by atoms with Crippen LogP contribution in [0.4, 0.5) is 0 Å². The number of rotatable bonds is 9. The van der Waals surface area contributed by atoms with Crippen LogP contribution in [0.15, 0.2) is 54.6 Å². The monoisotopic (exact) mass is 316 g/mol. The van der Waals surface area contributed by atoms with Crippen LogP contribution in [0.25, 0.3) is 0 Å². The fraction of sp³-hybridized carbons (Fsp3) is 0.316. The Morgan fingerprint density at radius 2 is 2.09 bits per heavy atom. The average molecular weight is 317 g/mol. The van der Waals surface area contributed by atoms with Gasteiger partial charge in [-0.25, -0.2) is 0 Å². The first-order valence-corrected chi connectivity index (χ1v) is 7.80. The standard InChI is InChI=1S/C19H21ClO2/c1-2-8-19(21)15-17(11-6-13-20)12-7-14-22-16-18-9-4-3-5-10-18/h2-5,9-10,15H,1,6,8,11,13-14,16H2/b17-15-. The van der Waals surface area contributed by atoms with Gasteiger partial charge in [-0.3, -0.25) is 4.79 Å². The van der Waals surface area contributed by atoms with E-state index in [1.54, 1.807) is 12.2 Å². The smallest absolute Gasteiger partial charge is 0.160 e. The van der Waals surface area contributed by atoms with Gasteiger partial charge in [-0.05, 0) is 24.5 Å². The lowest BCUT2D eigenvalue weighted by Crippen LogP contribution is -1.95. The Labute approximate surface area is 137 Å². The zero-order valence-electron chi connectivity index (χ0n) is 12.7. The summed E-state index contributed by atoms with van der Waals surface area (Å²) in [5.41, 5.74) is 1.92. The maximum Gasteiger partial charge on any atom is 0.160 e. The van der Waals surface area contributed by atoms with E-state index < -0.39 is 0 Å². The third kappa shape index (κ3) is 8.46. The number of ketones is 1. The molecular formula is C19H21ClO2. The molecule has 0 amide bonds. The van der Waals surface area contributed by atoms with Gasteiger partial charge in [-0.1, -0.05) is 48.2 Å². The summed E-state index contributed by atoms with van der Waals surface area (Å²) in [6, 6.07) is 9.93. The molecule has 1 rings (SSSR count). The minimum atomic E-state index is 0.0130. The second-order valence-corrected chi connectivity index (χ2v) is 5.08. The van der Waals surface area contributed by atoms with Gasteiger partial charge in [0.05, 0.1) is 6.61 Å². The summed E-state index contributed by atoms with van der Waals surface area (Å²) in [6.07, 6.45) is 5.01. The van der Waals surface area contributed by atoms with Gasteiger partial charge in [0.25, 0.3) is 0 Å². The highest BCUT2D eigenvalue weighted by atomic mass is 35.5. The number of halogens is 1. The lowest BCUT2D eigenvalue weighted by molar-refractivity contribution is -0.113. The van der Waals surface area contributed by atoms with Gasteiger partial charge in [-0.2, -0.15) is 0 Å². The minimum Gasteiger partial charge on any atom is -0.364 e. The Kier molecular flexibility index (Phi) is 9.78. The van der Waals surface area contributed by atoms with Gasteiger partial charge in [0, 0.05) is 17.9 Å². The highest BCUT2D eigenvalue weighted by molar-refractivity contribution is 6.17. The van der Waals surface area contributed by atoms with E-state index in [1.165, 1.54) is 0 Å². The van der Waals surface area contributed by atoms with E-state index in [0.29, 0.717) is 31.9 Å². The summed E-state index contributed by atoms with van der Waals surface area (Å²) in [7, 11) is 0. The molecule has 22 heavy (non-hydrogen) atoms. The van der Waals surface area contributed by atoms with Crippen molar-refractivity contribution in [3.05, 3.63) is 60.2 Å². The molecule has 1 aromatic rings. The Bertz CT molecular complexity index is 550. The van der Waals surface area contributed by atoms with E-state index in [1.807, 2.05) is 30.3 Å². The van der Waals surface area contributed by atoms with Crippen LogP contribution >= 0.6 is 11.6 Å². The molecule has 0 aliphatic rings. The number of hydrogen-bond acceptors (Lipinski definition) is 2. The second-order valence-electron chi connectivity index (χ2n) is 4.70. The number of hydrogen-bond donors (Lipinski definition) is 0. The SMILES string of the molecule is C=CCC(=O)/C=C(\C#CCOCc1ccccc1)CCCCl. The molecule has 0 saturated carbocycles. The maximum atomic E-state index is 11.6. The van der Waals surface area contributed by atoms with Crippen molar-refractivity contribution in [2.24, 2.45) is 0 Å². The predicted octanol–water partition coefficient (Wildman–Crippen LogP) is 4.30. The van der Waals surface area contributed by atoms with Crippen LogP contribution in [-0.2, 0) is 16.1 Å². The zero-order chi connectivity index (χ0) is 16.0. The second kappa shape index (κ2) is 11.8. The topological polar surface area (TPSA) is 26.3 Å². The average Bonchev–Trinajstić information content (AvgIpc) is 2.53. The van der Waals surface area contributed by atoms with Gasteiger partial charge in [0.1, 0.15) is 6.61 Å². The van der Waals surface area contributed by atoms with Crippen molar-refractivity contribution in [1.82, 2.24) is 0 Å². The van der Waals surface area contributed by atoms with Crippen LogP contribution in [0.5, 0.6) is 0 Å². The molecule has 0 saturated heterocycles. The van der Waals surface area contributed by atoms with Crippen molar-refractivity contribution in [3.63, 3.8) is 0 Å². The van der Waals surface area contributed by atoms with Crippen LogP contribution in [0, 0.1) is 11.8 Å².